The van der Waals surface area contributed by atoms with Crippen molar-refractivity contribution in [2.24, 2.45) is 0 Å². The number of ether oxygens (including phenoxy) is 1. The van der Waals surface area contributed by atoms with Crippen LogP contribution in [0.5, 0.6) is 5.75 Å². The van der Waals surface area contributed by atoms with Crippen molar-refractivity contribution < 1.29 is 19.4 Å². The van der Waals surface area contributed by atoms with Crippen LogP contribution in [0.25, 0.3) is 0 Å². The summed E-state index contributed by atoms with van der Waals surface area (Å²) in [4.78, 5) is 22.2. The van der Waals surface area contributed by atoms with Gasteiger partial charge in [-0.25, -0.2) is 0 Å². The molecule has 0 radical (unpaired) electrons. The van der Waals surface area contributed by atoms with Gasteiger partial charge in [-0.1, -0.05) is 50.2 Å². The summed E-state index contributed by atoms with van der Waals surface area (Å²) in [6, 6.07) is 14.8. The van der Waals surface area contributed by atoms with Gasteiger partial charge in [0.1, 0.15) is 17.9 Å². The summed E-state index contributed by atoms with van der Waals surface area (Å²) < 4.78 is 6.28. The van der Waals surface area contributed by atoms with E-state index >= 15 is 0 Å². The molecule has 0 fully saturated rings. The molecule has 1 aliphatic heterocycles. The maximum Gasteiger partial charge on any atom is 0.322 e. The zero-order valence-corrected chi connectivity index (χ0v) is 17.3. The lowest BCUT2D eigenvalue weighted by molar-refractivity contribution is -0.137. The molecular formula is C24H29NO4. The molecule has 0 spiro atoms. The molecule has 2 N–H and O–H groups in total. The molecule has 1 atom stereocenters. The van der Waals surface area contributed by atoms with Crippen LogP contribution in [0.4, 0.5) is 0 Å². The number of nitrogens with one attached hydrogen (secondary N) is 1. The maximum absolute atomic E-state index is 11.7. The number of aryl methyl sites for hydroxylation is 1. The summed E-state index contributed by atoms with van der Waals surface area (Å²) in [6.45, 7) is 6.19. The number of hydrogen-bond acceptors (Lipinski definition) is 3. The summed E-state index contributed by atoms with van der Waals surface area (Å²) in [7, 11) is 0. The Balaban J connectivity index is 1.59. The predicted molar refractivity (Wildman–Crippen MR) is 112 cm³/mol. The minimum atomic E-state index is -1.04. The van der Waals surface area contributed by atoms with Crippen LogP contribution in [0.15, 0.2) is 42.5 Å². The average molecular weight is 395 g/mol. The van der Waals surface area contributed by atoms with Crippen molar-refractivity contribution in [2.45, 2.75) is 58.0 Å². The number of fused-ring (bicyclic) bond motifs is 1. The Bertz CT molecular complexity index is 888. The number of amides is 1. The third kappa shape index (κ3) is 5.59. The van der Waals surface area contributed by atoms with Gasteiger partial charge in [0.25, 0.3) is 0 Å². The Labute approximate surface area is 172 Å². The van der Waals surface area contributed by atoms with Crippen LogP contribution in [0, 0.1) is 0 Å². The minimum Gasteiger partial charge on any atom is -0.487 e. The van der Waals surface area contributed by atoms with E-state index < -0.39 is 5.97 Å². The molecule has 0 saturated carbocycles. The van der Waals surface area contributed by atoms with Gasteiger partial charge in [0.05, 0.1) is 0 Å². The molecule has 1 aliphatic rings. The van der Waals surface area contributed by atoms with E-state index in [2.05, 4.69) is 56.4 Å². The zero-order valence-electron chi connectivity index (χ0n) is 17.3. The fourth-order valence-corrected chi connectivity index (χ4v) is 3.80. The number of carbonyl (C=O) groups is 2. The first-order valence-electron chi connectivity index (χ1n) is 10.1. The Morgan fingerprint density at radius 1 is 1.14 bits per heavy atom. The predicted octanol–water partition coefficient (Wildman–Crippen LogP) is 3.88. The van der Waals surface area contributed by atoms with Crippen molar-refractivity contribution in [1.82, 2.24) is 5.32 Å². The molecule has 1 heterocycles. The lowest BCUT2D eigenvalue weighted by Crippen LogP contribution is -2.32. The average Bonchev–Trinajstić information content (AvgIpc) is 2.99. The lowest BCUT2D eigenvalue weighted by Gasteiger charge is -2.24. The van der Waals surface area contributed by atoms with Crippen LogP contribution in [0.1, 0.15) is 55.4 Å². The monoisotopic (exact) mass is 395 g/mol. The number of rotatable bonds is 8. The molecule has 154 valence electrons. The van der Waals surface area contributed by atoms with Gasteiger partial charge >= 0.3 is 5.97 Å². The van der Waals surface area contributed by atoms with Gasteiger partial charge in [-0.05, 0) is 47.6 Å². The second-order valence-corrected chi connectivity index (χ2v) is 8.41. The molecule has 2 aromatic rings. The maximum atomic E-state index is 11.7. The number of carboxylic acid groups (broad SMARTS) is 1. The van der Waals surface area contributed by atoms with Crippen LogP contribution in [-0.2, 0) is 28.9 Å². The van der Waals surface area contributed by atoms with E-state index in [9.17, 15) is 9.59 Å². The van der Waals surface area contributed by atoms with Crippen molar-refractivity contribution in [3.8, 4) is 5.75 Å². The van der Waals surface area contributed by atoms with Gasteiger partial charge in [-0.15, -0.1) is 0 Å². The fraction of sp³-hybridized carbons (Fsp3) is 0.417. The first-order chi connectivity index (χ1) is 13.7. The topological polar surface area (TPSA) is 75.6 Å². The van der Waals surface area contributed by atoms with Gasteiger partial charge < -0.3 is 15.2 Å². The molecule has 1 unspecified atom stereocenters. The summed E-state index contributed by atoms with van der Waals surface area (Å²) in [5, 5.41) is 11.0. The van der Waals surface area contributed by atoms with Gasteiger partial charge in [0.2, 0.25) is 5.91 Å². The van der Waals surface area contributed by atoms with E-state index in [0.717, 1.165) is 29.7 Å². The fourth-order valence-electron chi connectivity index (χ4n) is 3.80. The van der Waals surface area contributed by atoms with Gasteiger partial charge in [0, 0.05) is 19.3 Å². The second-order valence-electron chi connectivity index (χ2n) is 8.41. The molecule has 2 aromatic carbocycles. The van der Waals surface area contributed by atoms with E-state index in [0.29, 0.717) is 12.3 Å². The Hall–Kier alpha value is -2.82. The highest BCUT2D eigenvalue weighted by Crippen LogP contribution is 2.37. The molecule has 1 amide bonds. The number of aliphatic carboxylic acids is 1. The molecule has 29 heavy (non-hydrogen) atoms. The number of carboxylic acids is 1. The van der Waals surface area contributed by atoms with Gasteiger partial charge in [-0.3, -0.25) is 9.59 Å². The molecule has 5 nitrogen and oxygen atoms in total. The molecule has 0 bridgehead atoms. The Morgan fingerprint density at radius 2 is 1.83 bits per heavy atom. The number of hydrogen-bond donors (Lipinski definition) is 2. The third-order valence-electron chi connectivity index (χ3n) is 5.35. The van der Waals surface area contributed by atoms with Crippen molar-refractivity contribution in [2.75, 3.05) is 6.54 Å². The first-order valence-corrected chi connectivity index (χ1v) is 10.1. The second kappa shape index (κ2) is 8.68. The normalized spacial score (nSPS) is 17.7. The summed E-state index contributed by atoms with van der Waals surface area (Å²) in [5.74, 6) is 0.145. The highest BCUT2D eigenvalue weighted by molar-refractivity contribution is 5.81. The lowest BCUT2D eigenvalue weighted by atomic mass is 9.90. The molecule has 0 aliphatic carbocycles. The van der Waals surface area contributed by atoms with Crippen molar-refractivity contribution in [3.05, 3.63) is 64.7 Å². The van der Waals surface area contributed by atoms with Crippen LogP contribution in [-0.4, -0.2) is 29.1 Å². The van der Waals surface area contributed by atoms with Crippen LogP contribution in [0.2, 0.25) is 0 Å². The van der Waals surface area contributed by atoms with Gasteiger partial charge in [0.15, 0.2) is 0 Å². The minimum absolute atomic E-state index is 0.251. The SMILES string of the molecule is CC(C)c1ccc(CC2(C)Cc3cc(CCC(=O)NCC(=O)O)ccc3O2)cc1. The van der Waals surface area contributed by atoms with E-state index in [1.165, 1.54) is 11.1 Å². The zero-order chi connectivity index (χ0) is 21.0. The van der Waals surface area contributed by atoms with Crippen molar-refractivity contribution in [3.63, 3.8) is 0 Å². The number of benzene rings is 2. The van der Waals surface area contributed by atoms with E-state index in [4.69, 9.17) is 9.84 Å². The molecule has 3 rings (SSSR count). The Kier molecular flexibility index (Phi) is 6.26. The molecule has 0 saturated heterocycles. The van der Waals surface area contributed by atoms with Gasteiger partial charge in [-0.2, -0.15) is 0 Å². The standard InChI is InChI=1S/C24H29NO4/c1-16(2)19-8-4-18(5-9-19)13-24(3)14-20-12-17(6-10-21(20)29-24)7-11-22(26)25-15-23(27)28/h4-6,8-10,12,16H,7,11,13-15H2,1-3H3,(H,25,26)(H,27,28). The molecular weight excluding hydrogens is 366 g/mol. The third-order valence-corrected chi connectivity index (χ3v) is 5.35. The van der Waals surface area contributed by atoms with Crippen molar-refractivity contribution in [1.29, 1.82) is 0 Å². The van der Waals surface area contributed by atoms with Crippen molar-refractivity contribution >= 4 is 11.9 Å². The van der Waals surface area contributed by atoms with Crippen LogP contribution >= 0.6 is 0 Å². The largest absolute Gasteiger partial charge is 0.487 e. The quantitative estimate of drug-likeness (QED) is 0.711. The highest BCUT2D eigenvalue weighted by atomic mass is 16.5. The van der Waals surface area contributed by atoms with E-state index in [1.54, 1.807) is 0 Å². The van der Waals surface area contributed by atoms with Crippen LogP contribution in [0.3, 0.4) is 0 Å². The Morgan fingerprint density at radius 3 is 2.48 bits per heavy atom. The molecule has 5 heteroatoms. The first kappa shape index (κ1) is 20.9. The summed E-state index contributed by atoms with van der Waals surface area (Å²) >= 11 is 0. The summed E-state index contributed by atoms with van der Waals surface area (Å²) in [6.07, 6.45) is 2.51. The van der Waals surface area contributed by atoms with E-state index in [-0.39, 0.29) is 24.5 Å². The van der Waals surface area contributed by atoms with Crippen LogP contribution < -0.4 is 10.1 Å². The molecule has 0 aromatic heterocycles. The van der Waals surface area contributed by atoms with E-state index in [1.807, 2.05) is 12.1 Å². The highest BCUT2D eigenvalue weighted by Gasteiger charge is 2.35. The number of carbonyl (C=O) groups excluding carboxylic acids is 1. The smallest absolute Gasteiger partial charge is 0.322 e. The summed E-state index contributed by atoms with van der Waals surface area (Å²) in [5.41, 5.74) is 4.55.